The molecule has 2 aliphatic rings. The Balaban J connectivity index is 1.79. The van der Waals surface area contributed by atoms with Gasteiger partial charge in [0.05, 0.1) is 11.1 Å². The SMILES string of the molecule is O=CCCCCSc1cccc2c1C(=O)N(C1CCC(=O)NC1=O)C2=O. The van der Waals surface area contributed by atoms with E-state index < -0.39 is 29.7 Å². The number of carbonyl (C=O) groups is 5. The van der Waals surface area contributed by atoms with Gasteiger partial charge in [-0.3, -0.25) is 29.4 Å². The second-order valence-electron chi connectivity index (χ2n) is 6.14. The van der Waals surface area contributed by atoms with E-state index in [-0.39, 0.29) is 18.4 Å². The smallest absolute Gasteiger partial charge is 0.263 e. The molecule has 7 nitrogen and oxygen atoms in total. The van der Waals surface area contributed by atoms with Crippen molar-refractivity contribution in [2.24, 2.45) is 0 Å². The molecular formula is C18H18N2O5S. The van der Waals surface area contributed by atoms with Gasteiger partial charge in [-0.05, 0) is 37.1 Å². The number of fused-ring (bicyclic) bond motifs is 1. The molecule has 0 radical (unpaired) electrons. The normalized spacial score (nSPS) is 19.5. The summed E-state index contributed by atoms with van der Waals surface area (Å²) in [4.78, 5) is 61.0. The maximum absolute atomic E-state index is 12.9. The van der Waals surface area contributed by atoms with Gasteiger partial charge in [-0.1, -0.05) is 6.07 Å². The van der Waals surface area contributed by atoms with Gasteiger partial charge in [0.25, 0.3) is 11.8 Å². The van der Waals surface area contributed by atoms with E-state index >= 15 is 0 Å². The van der Waals surface area contributed by atoms with Crippen LogP contribution in [0.2, 0.25) is 0 Å². The van der Waals surface area contributed by atoms with E-state index in [9.17, 15) is 24.0 Å². The summed E-state index contributed by atoms with van der Waals surface area (Å²) in [6.07, 6.45) is 3.23. The molecule has 0 spiro atoms. The van der Waals surface area contributed by atoms with Crippen molar-refractivity contribution in [2.45, 2.75) is 43.0 Å². The summed E-state index contributed by atoms with van der Waals surface area (Å²) < 4.78 is 0. The molecule has 1 N–H and O–H groups in total. The lowest BCUT2D eigenvalue weighted by Gasteiger charge is -2.27. The second-order valence-corrected chi connectivity index (χ2v) is 7.27. The summed E-state index contributed by atoms with van der Waals surface area (Å²) in [6.45, 7) is 0. The molecule has 3 rings (SSSR count). The van der Waals surface area contributed by atoms with Gasteiger partial charge in [0.2, 0.25) is 11.8 Å². The third-order valence-corrected chi connectivity index (χ3v) is 5.55. The van der Waals surface area contributed by atoms with Gasteiger partial charge in [-0.2, -0.15) is 0 Å². The summed E-state index contributed by atoms with van der Waals surface area (Å²) in [5.74, 6) is -1.27. The maximum atomic E-state index is 12.9. The highest BCUT2D eigenvalue weighted by molar-refractivity contribution is 7.99. The van der Waals surface area contributed by atoms with E-state index in [1.165, 1.54) is 11.8 Å². The Kier molecular flexibility index (Phi) is 5.51. The number of thioether (sulfide) groups is 1. The van der Waals surface area contributed by atoms with Crippen LogP contribution < -0.4 is 5.32 Å². The van der Waals surface area contributed by atoms with Crippen molar-refractivity contribution in [1.82, 2.24) is 10.2 Å². The van der Waals surface area contributed by atoms with Crippen LogP contribution >= 0.6 is 11.8 Å². The molecule has 4 amide bonds. The molecule has 1 saturated heterocycles. The van der Waals surface area contributed by atoms with Crippen molar-refractivity contribution in [2.75, 3.05) is 5.75 Å². The van der Waals surface area contributed by atoms with Crippen LogP contribution in [0.5, 0.6) is 0 Å². The average molecular weight is 374 g/mol. The quantitative estimate of drug-likeness (QED) is 0.336. The first kappa shape index (κ1) is 18.3. The van der Waals surface area contributed by atoms with E-state index in [0.717, 1.165) is 29.8 Å². The van der Waals surface area contributed by atoms with E-state index in [0.29, 0.717) is 16.9 Å². The fourth-order valence-corrected chi connectivity index (χ4v) is 4.20. The third-order valence-electron chi connectivity index (χ3n) is 4.40. The number of benzene rings is 1. The van der Waals surface area contributed by atoms with Gasteiger partial charge < -0.3 is 4.79 Å². The number of piperidine rings is 1. The molecule has 136 valence electrons. The highest BCUT2D eigenvalue weighted by Gasteiger charge is 2.45. The van der Waals surface area contributed by atoms with Gasteiger partial charge in [-0.15, -0.1) is 11.8 Å². The number of hydrogen-bond acceptors (Lipinski definition) is 6. The number of aldehydes is 1. The number of nitrogens with zero attached hydrogens (tertiary/aromatic N) is 1. The molecule has 0 aliphatic carbocycles. The monoisotopic (exact) mass is 374 g/mol. The van der Waals surface area contributed by atoms with E-state index in [4.69, 9.17) is 0 Å². The van der Waals surface area contributed by atoms with Crippen molar-refractivity contribution < 1.29 is 24.0 Å². The number of carbonyl (C=O) groups excluding carboxylic acids is 5. The molecular weight excluding hydrogens is 356 g/mol. The Morgan fingerprint density at radius 3 is 2.69 bits per heavy atom. The lowest BCUT2D eigenvalue weighted by Crippen LogP contribution is -2.54. The Morgan fingerprint density at radius 1 is 1.15 bits per heavy atom. The number of unbranched alkanes of at least 4 members (excludes halogenated alkanes) is 2. The molecule has 0 saturated carbocycles. The van der Waals surface area contributed by atoms with Crippen LogP contribution in [0.15, 0.2) is 23.1 Å². The van der Waals surface area contributed by atoms with Gasteiger partial charge in [0, 0.05) is 17.7 Å². The van der Waals surface area contributed by atoms with Crippen molar-refractivity contribution in [1.29, 1.82) is 0 Å². The number of rotatable bonds is 7. The van der Waals surface area contributed by atoms with Crippen LogP contribution in [0, 0.1) is 0 Å². The zero-order valence-electron chi connectivity index (χ0n) is 14.0. The first-order valence-electron chi connectivity index (χ1n) is 8.45. The van der Waals surface area contributed by atoms with Crippen LogP contribution in [0.1, 0.15) is 52.8 Å². The summed E-state index contributed by atoms with van der Waals surface area (Å²) in [7, 11) is 0. The topological polar surface area (TPSA) is 101 Å². The summed E-state index contributed by atoms with van der Waals surface area (Å²) in [5, 5.41) is 2.18. The van der Waals surface area contributed by atoms with E-state index in [1.54, 1.807) is 18.2 Å². The summed E-state index contributed by atoms with van der Waals surface area (Å²) >= 11 is 1.46. The lowest BCUT2D eigenvalue weighted by molar-refractivity contribution is -0.136. The van der Waals surface area contributed by atoms with Crippen molar-refractivity contribution in [3.8, 4) is 0 Å². The summed E-state index contributed by atoms with van der Waals surface area (Å²) in [5.41, 5.74) is 0.611. The zero-order valence-corrected chi connectivity index (χ0v) is 14.8. The lowest BCUT2D eigenvalue weighted by atomic mass is 10.0. The number of imide groups is 2. The molecule has 26 heavy (non-hydrogen) atoms. The van der Waals surface area contributed by atoms with Crippen molar-refractivity contribution in [3.05, 3.63) is 29.3 Å². The molecule has 2 aliphatic heterocycles. The second kappa shape index (κ2) is 7.82. The van der Waals surface area contributed by atoms with Crippen LogP contribution in [-0.2, 0) is 14.4 Å². The Bertz CT molecular complexity index is 792. The molecule has 2 heterocycles. The minimum absolute atomic E-state index is 0.0994. The van der Waals surface area contributed by atoms with Crippen molar-refractivity contribution >= 4 is 41.7 Å². The molecule has 1 unspecified atom stereocenters. The van der Waals surface area contributed by atoms with Crippen LogP contribution in [0.3, 0.4) is 0 Å². The predicted molar refractivity (Wildman–Crippen MR) is 93.8 cm³/mol. The molecule has 1 fully saturated rings. The van der Waals surface area contributed by atoms with Crippen LogP contribution in [0.4, 0.5) is 0 Å². The minimum atomic E-state index is -0.953. The molecule has 0 bridgehead atoms. The van der Waals surface area contributed by atoms with Crippen LogP contribution in [-0.4, -0.2) is 46.6 Å². The fraction of sp³-hybridized carbons (Fsp3) is 0.389. The number of nitrogens with one attached hydrogen (secondary N) is 1. The van der Waals surface area contributed by atoms with Gasteiger partial charge in [0.1, 0.15) is 12.3 Å². The zero-order chi connectivity index (χ0) is 18.7. The highest BCUT2D eigenvalue weighted by Crippen LogP contribution is 2.34. The summed E-state index contributed by atoms with van der Waals surface area (Å²) in [6, 6.07) is 4.12. The van der Waals surface area contributed by atoms with E-state index in [2.05, 4.69) is 5.32 Å². The van der Waals surface area contributed by atoms with E-state index in [1.807, 2.05) is 0 Å². The fourth-order valence-electron chi connectivity index (χ4n) is 3.12. The molecule has 1 atom stereocenters. The Hall–Kier alpha value is -2.48. The van der Waals surface area contributed by atoms with Gasteiger partial charge in [0.15, 0.2) is 0 Å². The maximum Gasteiger partial charge on any atom is 0.263 e. The average Bonchev–Trinajstić information content (AvgIpc) is 2.87. The minimum Gasteiger partial charge on any atom is -0.303 e. The van der Waals surface area contributed by atoms with Crippen molar-refractivity contribution in [3.63, 3.8) is 0 Å². The first-order chi connectivity index (χ1) is 12.5. The molecule has 1 aromatic rings. The van der Waals surface area contributed by atoms with Crippen LogP contribution in [0.25, 0.3) is 0 Å². The standard InChI is InChI=1S/C18H18N2O5S/c21-9-2-1-3-10-26-13-6-4-5-11-15(13)18(25)20(17(11)24)12-7-8-14(22)19-16(12)23/h4-6,9,12H,1-3,7-8,10H2,(H,19,22,23). The molecule has 0 aromatic heterocycles. The van der Waals surface area contributed by atoms with Gasteiger partial charge >= 0.3 is 0 Å². The number of amides is 4. The first-order valence-corrected chi connectivity index (χ1v) is 9.44. The Labute approximate surface area is 154 Å². The molecule has 1 aromatic carbocycles. The van der Waals surface area contributed by atoms with Gasteiger partial charge in [-0.25, -0.2) is 0 Å². The molecule has 8 heteroatoms. The number of hydrogen-bond donors (Lipinski definition) is 1. The largest absolute Gasteiger partial charge is 0.303 e. The predicted octanol–water partition coefficient (Wildman–Crippen LogP) is 1.55. The Morgan fingerprint density at radius 2 is 1.96 bits per heavy atom. The third kappa shape index (κ3) is 3.41. The highest BCUT2D eigenvalue weighted by atomic mass is 32.2.